The lowest BCUT2D eigenvalue weighted by molar-refractivity contribution is -0.161. The Hall–Kier alpha value is -2.06. The van der Waals surface area contributed by atoms with E-state index < -0.39 is 76.2 Å². The maximum Gasteiger partial charge on any atom is 0.327 e. The smallest absolute Gasteiger partial charge is 0.327 e. The molecular weight excluding hydrogens is 330 g/mol. The molecule has 0 aliphatic carbocycles. The summed E-state index contributed by atoms with van der Waals surface area (Å²) in [7, 11) is 0. The summed E-state index contributed by atoms with van der Waals surface area (Å²) in [5.41, 5.74) is 5.49. The number of benzene rings is 1. The van der Waals surface area contributed by atoms with E-state index in [4.69, 9.17) is 12.6 Å². The molecule has 0 unspecified atom stereocenters. The molecule has 2 heterocycles. The van der Waals surface area contributed by atoms with Gasteiger partial charge in [0.2, 0.25) is 11.8 Å². The van der Waals surface area contributed by atoms with Gasteiger partial charge in [0.05, 0.1) is 6.85 Å². The number of rotatable bonds is 4. The minimum atomic E-state index is -1.60. The number of carboxylic acid groups (broad SMARTS) is 1. The third-order valence-electron chi connectivity index (χ3n) is 4.09. The second-order valence-corrected chi connectivity index (χ2v) is 7.87. The van der Waals surface area contributed by atoms with Crippen LogP contribution in [0.15, 0.2) is 30.2 Å². The molecule has 0 bridgehead atoms. The molecule has 7 nitrogen and oxygen atoms in total. The van der Waals surface area contributed by atoms with Crippen molar-refractivity contribution < 1.29 is 26.3 Å². The van der Waals surface area contributed by atoms with Crippen LogP contribution in [0, 0.1) is 0 Å². The first-order valence-electron chi connectivity index (χ1n) is 9.66. The molecule has 8 heteroatoms. The van der Waals surface area contributed by atoms with E-state index in [2.05, 4.69) is 5.32 Å². The highest BCUT2D eigenvalue weighted by Crippen LogP contribution is 2.50. The van der Waals surface area contributed by atoms with Crippen LogP contribution in [0.2, 0.25) is 0 Å². The molecule has 2 fully saturated rings. The van der Waals surface area contributed by atoms with Crippen LogP contribution in [-0.4, -0.2) is 50.0 Å². The predicted molar refractivity (Wildman–Crippen MR) is 89.0 cm³/mol. The summed E-state index contributed by atoms with van der Waals surface area (Å²) in [5.74, 6) is -2.60. The van der Waals surface area contributed by atoms with E-state index in [0.29, 0.717) is 0 Å². The first-order valence-corrected chi connectivity index (χ1v) is 8.04. The highest BCUT2D eigenvalue weighted by molar-refractivity contribution is 8.01. The monoisotopic (exact) mass is 354 g/mol. The Morgan fingerprint density at radius 1 is 1.42 bits per heavy atom. The first-order chi connectivity index (χ1) is 13.3. The summed E-state index contributed by atoms with van der Waals surface area (Å²) >= 11 is 1.24. The molecule has 0 radical (unpaired) electrons. The van der Waals surface area contributed by atoms with E-state index >= 15 is 0 Å². The summed E-state index contributed by atoms with van der Waals surface area (Å²) in [6.45, 7) is 3.39. The van der Waals surface area contributed by atoms with Crippen LogP contribution in [0.25, 0.3) is 0 Å². The zero-order chi connectivity index (χ0) is 22.0. The van der Waals surface area contributed by atoms with Gasteiger partial charge in [-0.05, 0) is 19.4 Å². The van der Waals surface area contributed by atoms with Crippen molar-refractivity contribution in [1.82, 2.24) is 10.2 Å². The van der Waals surface area contributed by atoms with E-state index in [1.807, 2.05) is 0 Å². The zero-order valence-electron chi connectivity index (χ0n) is 17.9. The van der Waals surface area contributed by atoms with Crippen LogP contribution >= 0.6 is 11.8 Å². The lowest BCUT2D eigenvalue weighted by Gasteiger charge is -2.43. The number of β-lactam (4-membered cyclic amide) rings is 1. The molecular formula is C16H19N3O4S. The summed E-state index contributed by atoms with van der Waals surface area (Å²) in [4.78, 5) is 37.8. The highest BCUT2D eigenvalue weighted by atomic mass is 32.2. The average molecular weight is 354 g/mol. The number of carbonyl (C=O) groups excluding carboxylic acids is 2. The van der Waals surface area contributed by atoms with E-state index in [1.165, 1.54) is 16.7 Å². The van der Waals surface area contributed by atoms with E-state index in [0.717, 1.165) is 0 Å². The lowest BCUT2D eigenvalue weighted by atomic mass is 9.95. The van der Waals surface area contributed by atoms with Crippen molar-refractivity contribution in [3.05, 3.63) is 35.8 Å². The van der Waals surface area contributed by atoms with Gasteiger partial charge in [-0.15, -0.1) is 11.8 Å². The predicted octanol–water partition coefficient (Wildman–Crippen LogP) is 0.318. The minimum absolute atomic E-state index is 0.375. The lowest BCUT2D eigenvalue weighted by Crippen LogP contribution is -2.71. The molecule has 4 N–H and O–H groups in total. The highest BCUT2D eigenvalue weighted by Gasteiger charge is 2.64. The molecule has 2 aliphatic rings. The quantitative estimate of drug-likeness (QED) is 0.671. The van der Waals surface area contributed by atoms with Crippen molar-refractivity contribution in [2.75, 3.05) is 0 Å². The molecule has 0 spiro atoms. The van der Waals surface area contributed by atoms with Gasteiger partial charge < -0.3 is 21.1 Å². The Bertz CT molecular complexity index is 915. The van der Waals surface area contributed by atoms with Gasteiger partial charge in [0.15, 0.2) is 0 Å². The number of carbonyl (C=O) groups is 3. The fourth-order valence-corrected chi connectivity index (χ4v) is 4.56. The largest absolute Gasteiger partial charge is 0.480 e. The molecule has 0 aromatic heterocycles. The fraction of sp³-hybridized carbons (Fsp3) is 0.438. The molecule has 3 rings (SSSR count). The van der Waals surface area contributed by atoms with E-state index in [-0.39, 0.29) is 5.56 Å². The van der Waals surface area contributed by atoms with Gasteiger partial charge >= 0.3 is 5.97 Å². The number of thioether (sulfide) groups is 1. The van der Waals surface area contributed by atoms with Crippen molar-refractivity contribution in [2.45, 2.75) is 42.1 Å². The van der Waals surface area contributed by atoms with Gasteiger partial charge in [-0.1, -0.05) is 30.2 Å². The molecule has 2 amide bonds. The van der Waals surface area contributed by atoms with Crippen molar-refractivity contribution in [3.8, 4) is 0 Å². The molecule has 1 aromatic carbocycles. The Balaban J connectivity index is 1.83. The second kappa shape index (κ2) is 5.78. The normalized spacial score (nSPS) is 31.6. The molecule has 1 aromatic rings. The van der Waals surface area contributed by atoms with E-state index in [1.54, 1.807) is 13.8 Å². The number of hydrogen-bond donors (Lipinski definition) is 3. The molecule has 24 heavy (non-hydrogen) atoms. The third-order valence-corrected chi connectivity index (χ3v) is 5.66. The maximum atomic E-state index is 12.6. The van der Waals surface area contributed by atoms with Crippen molar-refractivity contribution in [1.29, 1.82) is 0 Å². The Kier molecular flexibility index (Phi) is 2.77. The molecule has 0 saturated carbocycles. The van der Waals surface area contributed by atoms with Crippen molar-refractivity contribution in [3.63, 3.8) is 0 Å². The molecule has 2 saturated heterocycles. The third kappa shape index (κ3) is 2.55. The Morgan fingerprint density at radius 2 is 2.04 bits per heavy atom. The molecule has 4 atom stereocenters. The van der Waals surface area contributed by atoms with Crippen LogP contribution in [-0.2, 0) is 14.4 Å². The van der Waals surface area contributed by atoms with Crippen LogP contribution in [0.1, 0.15) is 32.3 Å². The van der Waals surface area contributed by atoms with Gasteiger partial charge in [-0.3, -0.25) is 9.59 Å². The number of carboxylic acids is 1. The Morgan fingerprint density at radius 3 is 2.62 bits per heavy atom. The van der Waals surface area contributed by atoms with Gasteiger partial charge in [-0.2, -0.15) is 0 Å². The summed E-state index contributed by atoms with van der Waals surface area (Å²) in [6.07, 6.45) is 0. The summed E-state index contributed by atoms with van der Waals surface area (Å²) in [6, 6.07) is -6.67. The standard InChI is InChI=1S/C16H19N3O4S/c1-16(2)11(15(22)23)19-13(21)10(14(19)24-16)18-12(20)9(17)8-6-4-3-5-7-8/h3-7,9-11,14H,17H2,1-2H3,(H,18,20)(H,22,23)/t9-,10+,11-,14+/m0/s1/i3D,4D,5D,6D,7D. The van der Waals surface area contributed by atoms with Crippen LogP contribution < -0.4 is 11.1 Å². The average Bonchev–Trinajstić information content (AvgIpc) is 2.90. The van der Waals surface area contributed by atoms with Crippen LogP contribution in [0.3, 0.4) is 0 Å². The fourth-order valence-electron chi connectivity index (χ4n) is 2.93. The second-order valence-electron chi connectivity index (χ2n) is 6.10. The number of aliphatic carboxylic acids is 1. The number of fused-ring (bicyclic) bond motifs is 1. The zero-order valence-corrected chi connectivity index (χ0v) is 13.7. The van der Waals surface area contributed by atoms with Gasteiger partial charge in [0.1, 0.15) is 23.5 Å². The molecule has 2 aliphatic heterocycles. The number of hydrogen-bond acceptors (Lipinski definition) is 5. The Labute approximate surface area is 150 Å². The van der Waals surface area contributed by atoms with Gasteiger partial charge in [0, 0.05) is 4.75 Å². The van der Waals surface area contributed by atoms with Gasteiger partial charge in [0.25, 0.3) is 0 Å². The van der Waals surface area contributed by atoms with Crippen LogP contribution in [0.5, 0.6) is 0 Å². The number of amides is 2. The number of nitrogens with one attached hydrogen (secondary N) is 1. The van der Waals surface area contributed by atoms with Crippen molar-refractivity contribution in [2.24, 2.45) is 5.73 Å². The van der Waals surface area contributed by atoms with Crippen molar-refractivity contribution >= 4 is 29.5 Å². The first kappa shape index (κ1) is 11.5. The maximum absolute atomic E-state index is 12.6. The topological polar surface area (TPSA) is 113 Å². The summed E-state index contributed by atoms with van der Waals surface area (Å²) in [5, 5.41) is 11.3. The van der Waals surface area contributed by atoms with E-state index in [9.17, 15) is 19.5 Å². The minimum Gasteiger partial charge on any atom is -0.480 e. The van der Waals surface area contributed by atoms with Gasteiger partial charge in [-0.25, -0.2) is 4.79 Å². The number of nitrogens with two attached hydrogens (primary N) is 1. The number of nitrogens with zero attached hydrogens (tertiary/aromatic N) is 1. The molecule has 128 valence electrons. The van der Waals surface area contributed by atoms with Crippen LogP contribution in [0.4, 0.5) is 0 Å². The summed E-state index contributed by atoms with van der Waals surface area (Å²) < 4.78 is 38.0. The SMILES string of the molecule is [2H]c1c([2H])c([2H])c([C@H](N)C(=O)N[C@@H]2C(=O)N3[C@@H]2SC(C)(C)[C@@H]3C(=O)O)c([2H])c1[2H].